The third-order valence-corrected chi connectivity index (χ3v) is 6.17. The first-order valence-corrected chi connectivity index (χ1v) is 9.86. The molecular formula is C13H21NO5S2. The second-order valence-electron chi connectivity index (χ2n) is 5.24. The first-order valence-electron chi connectivity index (χ1n) is 6.49. The summed E-state index contributed by atoms with van der Waals surface area (Å²) >= 11 is 0. The first-order chi connectivity index (χ1) is 9.54. The Morgan fingerprint density at radius 1 is 1.10 bits per heavy atom. The molecule has 0 aliphatic rings. The van der Waals surface area contributed by atoms with Crippen molar-refractivity contribution in [2.24, 2.45) is 0 Å². The Hall–Kier alpha value is -0.960. The molecule has 1 aromatic rings. The van der Waals surface area contributed by atoms with Gasteiger partial charge in [-0.05, 0) is 44.0 Å². The number of hydrogen-bond donors (Lipinski definition) is 2. The lowest BCUT2D eigenvalue weighted by Crippen LogP contribution is -2.46. The number of nitrogens with one attached hydrogen (secondary N) is 1. The predicted octanol–water partition coefficient (Wildman–Crippen LogP) is 0.920. The molecule has 0 amide bonds. The van der Waals surface area contributed by atoms with Gasteiger partial charge in [0.25, 0.3) is 0 Å². The van der Waals surface area contributed by atoms with Crippen molar-refractivity contribution in [2.45, 2.75) is 42.0 Å². The highest BCUT2D eigenvalue weighted by Crippen LogP contribution is 2.20. The van der Waals surface area contributed by atoms with Crippen molar-refractivity contribution in [3.8, 4) is 0 Å². The van der Waals surface area contributed by atoms with Crippen LogP contribution in [-0.2, 0) is 19.9 Å². The molecular weight excluding hydrogens is 314 g/mol. The number of hydrogen-bond acceptors (Lipinski definition) is 5. The van der Waals surface area contributed by atoms with Crippen LogP contribution < -0.4 is 4.72 Å². The van der Waals surface area contributed by atoms with Crippen LogP contribution in [0.2, 0.25) is 0 Å². The van der Waals surface area contributed by atoms with Gasteiger partial charge in [-0.15, -0.1) is 0 Å². The van der Waals surface area contributed by atoms with Gasteiger partial charge in [-0.25, -0.2) is 21.6 Å². The molecule has 0 radical (unpaired) electrons. The zero-order chi connectivity index (χ0) is 16.3. The summed E-state index contributed by atoms with van der Waals surface area (Å²) in [5.74, 6) is 0. The number of aliphatic hydroxyl groups is 1. The van der Waals surface area contributed by atoms with Gasteiger partial charge in [-0.3, -0.25) is 0 Å². The molecule has 0 aliphatic heterocycles. The molecule has 1 atom stereocenters. The summed E-state index contributed by atoms with van der Waals surface area (Å²) in [4.78, 5) is 0.0579. The topological polar surface area (TPSA) is 101 Å². The Labute approximate surface area is 126 Å². The van der Waals surface area contributed by atoms with Crippen molar-refractivity contribution in [1.82, 2.24) is 4.72 Å². The van der Waals surface area contributed by atoms with Gasteiger partial charge in [0.2, 0.25) is 10.0 Å². The quantitative estimate of drug-likeness (QED) is 0.772. The fraction of sp³-hybridized carbons (Fsp3) is 0.538. The van der Waals surface area contributed by atoms with Gasteiger partial charge < -0.3 is 5.11 Å². The zero-order valence-electron chi connectivity index (χ0n) is 12.3. The van der Waals surface area contributed by atoms with Gasteiger partial charge in [0.1, 0.15) is 0 Å². The minimum Gasteiger partial charge on any atom is -0.396 e. The van der Waals surface area contributed by atoms with Crippen molar-refractivity contribution in [3.63, 3.8) is 0 Å². The van der Waals surface area contributed by atoms with E-state index in [-0.39, 0.29) is 16.4 Å². The van der Waals surface area contributed by atoms with Crippen LogP contribution in [0.5, 0.6) is 0 Å². The Kier molecular flexibility index (Phi) is 5.54. The average molecular weight is 335 g/mol. The van der Waals surface area contributed by atoms with E-state index >= 15 is 0 Å². The van der Waals surface area contributed by atoms with Crippen LogP contribution in [0, 0.1) is 0 Å². The smallest absolute Gasteiger partial charge is 0.241 e. The van der Waals surface area contributed by atoms with Crippen molar-refractivity contribution < 1.29 is 21.9 Å². The van der Waals surface area contributed by atoms with Crippen LogP contribution in [0.25, 0.3) is 0 Å². The lowest BCUT2D eigenvalue weighted by atomic mass is 9.97. The Balaban J connectivity index is 3.09. The van der Waals surface area contributed by atoms with Crippen LogP contribution >= 0.6 is 0 Å². The maximum atomic E-state index is 12.3. The molecule has 8 heteroatoms. The van der Waals surface area contributed by atoms with Crippen LogP contribution in [0.15, 0.2) is 34.1 Å². The molecule has 0 saturated carbocycles. The van der Waals surface area contributed by atoms with E-state index in [0.717, 1.165) is 6.26 Å². The van der Waals surface area contributed by atoms with Crippen LogP contribution in [-0.4, -0.2) is 40.3 Å². The third kappa shape index (κ3) is 4.77. The minimum absolute atomic E-state index is 0.00693. The fourth-order valence-electron chi connectivity index (χ4n) is 1.80. The fourth-order valence-corrected chi connectivity index (χ4v) is 3.93. The van der Waals surface area contributed by atoms with E-state index < -0.39 is 25.4 Å². The number of sulfonamides is 1. The summed E-state index contributed by atoms with van der Waals surface area (Å²) in [6.07, 6.45) is 1.88. The lowest BCUT2D eigenvalue weighted by molar-refractivity contribution is 0.233. The highest BCUT2D eigenvalue weighted by molar-refractivity contribution is 7.90. The summed E-state index contributed by atoms with van der Waals surface area (Å²) in [6, 6.07) is 5.04. The van der Waals surface area contributed by atoms with Gasteiger partial charge in [-0.2, -0.15) is 0 Å². The second kappa shape index (κ2) is 6.43. The summed E-state index contributed by atoms with van der Waals surface area (Å²) in [5, 5.41) is 9.02. The van der Waals surface area contributed by atoms with E-state index in [1.807, 2.05) is 6.92 Å². The molecule has 0 aromatic heterocycles. The Morgan fingerprint density at radius 3 is 1.95 bits per heavy atom. The molecule has 1 aromatic carbocycles. The van der Waals surface area contributed by atoms with Gasteiger partial charge in [0.05, 0.1) is 9.79 Å². The van der Waals surface area contributed by atoms with Crippen LogP contribution in [0.3, 0.4) is 0 Å². The van der Waals surface area contributed by atoms with Crippen LogP contribution in [0.4, 0.5) is 0 Å². The van der Waals surface area contributed by atoms with Gasteiger partial charge >= 0.3 is 0 Å². The summed E-state index contributed by atoms with van der Waals surface area (Å²) in [5.41, 5.74) is -0.747. The normalized spacial score (nSPS) is 15.6. The second-order valence-corrected chi connectivity index (χ2v) is 8.94. The summed E-state index contributed by atoms with van der Waals surface area (Å²) in [6.45, 7) is 3.41. The molecule has 0 heterocycles. The van der Waals surface area contributed by atoms with Crippen molar-refractivity contribution in [2.75, 3.05) is 12.9 Å². The van der Waals surface area contributed by atoms with E-state index in [1.165, 1.54) is 24.3 Å². The first kappa shape index (κ1) is 18.1. The Bertz CT molecular complexity index is 680. The highest BCUT2D eigenvalue weighted by atomic mass is 32.2. The number of sulfone groups is 1. The van der Waals surface area contributed by atoms with Gasteiger partial charge in [0.15, 0.2) is 9.84 Å². The molecule has 0 fully saturated rings. The molecule has 0 spiro atoms. The highest BCUT2D eigenvalue weighted by Gasteiger charge is 2.28. The molecule has 2 N–H and O–H groups in total. The maximum Gasteiger partial charge on any atom is 0.241 e. The zero-order valence-corrected chi connectivity index (χ0v) is 14.0. The Morgan fingerprint density at radius 2 is 1.57 bits per heavy atom. The summed E-state index contributed by atoms with van der Waals surface area (Å²) in [7, 11) is -7.13. The van der Waals surface area contributed by atoms with E-state index in [2.05, 4.69) is 4.72 Å². The SMILES string of the molecule is CCC(C)(CCO)NS(=O)(=O)c1ccc(S(C)(=O)=O)cc1. The van der Waals surface area contributed by atoms with Crippen molar-refractivity contribution in [1.29, 1.82) is 0 Å². The molecule has 6 nitrogen and oxygen atoms in total. The number of benzene rings is 1. The van der Waals surface area contributed by atoms with Crippen molar-refractivity contribution in [3.05, 3.63) is 24.3 Å². The maximum absolute atomic E-state index is 12.3. The van der Waals surface area contributed by atoms with E-state index in [4.69, 9.17) is 5.11 Å². The third-order valence-electron chi connectivity index (χ3n) is 3.39. The van der Waals surface area contributed by atoms with Crippen molar-refractivity contribution >= 4 is 19.9 Å². The monoisotopic (exact) mass is 335 g/mol. The molecule has 0 saturated heterocycles. The van der Waals surface area contributed by atoms with E-state index in [0.29, 0.717) is 12.8 Å². The minimum atomic E-state index is -3.77. The van der Waals surface area contributed by atoms with E-state index in [1.54, 1.807) is 6.92 Å². The predicted molar refractivity (Wildman–Crippen MR) is 80.3 cm³/mol. The van der Waals surface area contributed by atoms with Gasteiger partial charge in [0, 0.05) is 18.4 Å². The standard InChI is InChI=1S/C13H21NO5S2/c1-4-13(2,9-10-15)14-21(18,19)12-7-5-11(6-8-12)20(3,16)17/h5-8,14-15H,4,9-10H2,1-3H3. The largest absolute Gasteiger partial charge is 0.396 e. The number of rotatable bonds is 7. The van der Waals surface area contributed by atoms with E-state index in [9.17, 15) is 16.8 Å². The molecule has 1 unspecified atom stereocenters. The molecule has 21 heavy (non-hydrogen) atoms. The lowest BCUT2D eigenvalue weighted by Gasteiger charge is -2.28. The summed E-state index contributed by atoms with van der Waals surface area (Å²) < 4.78 is 49.9. The van der Waals surface area contributed by atoms with Crippen LogP contribution in [0.1, 0.15) is 26.7 Å². The molecule has 120 valence electrons. The average Bonchev–Trinajstić information content (AvgIpc) is 2.37. The van der Waals surface area contributed by atoms with Gasteiger partial charge in [-0.1, -0.05) is 6.92 Å². The molecule has 1 rings (SSSR count). The molecule has 0 aliphatic carbocycles. The molecule has 0 bridgehead atoms. The number of aliphatic hydroxyl groups excluding tert-OH is 1.